The van der Waals surface area contributed by atoms with Crippen molar-refractivity contribution in [2.45, 2.75) is 57.6 Å². The molecule has 1 aromatic rings. The molecular weight excluding hydrogens is 450 g/mol. The van der Waals surface area contributed by atoms with Crippen LogP contribution in [0.1, 0.15) is 50.9 Å². The number of carbonyl (C=O) groups is 1. The first-order chi connectivity index (χ1) is 15.1. The molecule has 2 unspecified atom stereocenters. The average Bonchev–Trinajstić information content (AvgIpc) is 2.74. The van der Waals surface area contributed by atoms with Gasteiger partial charge in [0.1, 0.15) is 4.90 Å². The Labute approximate surface area is 197 Å². The molecule has 1 amide bonds. The summed E-state index contributed by atoms with van der Waals surface area (Å²) in [6, 6.07) is 4.56. The Kier molecular flexibility index (Phi) is 8.60. The third-order valence-electron chi connectivity index (χ3n) is 6.41. The summed E-state index contributed by atoms with van der Waals surface area (Å²) in [5.41, 5.74) is 0.370. The number of sulfonamides is 1. The maximum absolute atomic E-state index is 13.1. The van der Waals surface area contributed by atoms with Gasteiger partial charge in [0.05, 0.1) is 17.2 Å². The van der Waals surface area contributed by atoms with Crippen LogP contribution in [0.3, 0.4) is 0 Å². The van der Waals surface area contributed by atoms with E-state index in [2.05, 4.69) is 18.7 Å². The second-order valence-corrected chi connectivity index (χ2v) is 11.3. The van der Waals surface area contributed by atoms with E-state index in [1.807, 2.05) is 4.90 Å². The van der Waals surface area contributed by atoms with Crippen molar-refractivity contribution in [3.8, 4) is 0 Å². The molecule has 2 atom stereocenters. The van der Waals surface area contributed by atoms with Crippen molar-refractivity contribution >= 4 is 27.5 Å². The van der Waals surface area contributed by atoms with Crippen LogP contribution in [0.2, 0.25) is 5.02 Å². The van der Waals surface area contributed by atoms with E-state index in [-0.39, 0.29) is 28.0 Å². The Morgan fingerprint density at radius 1 is 1.12 bits per heavy atom. The van der Waals surface area contributed by atoms with Gasteiger partial charge in [-0.3, -0.25) is 9.69 Å². The van der Waals surface area contributed by atoms with Crippen molar-refractivity contribution in [3.63, 3.8) is 0 Å². The zero-order chi connectivity index (χ0) is 23.5. The lowest BCUT2D eigenvalue weighted by molar-refractivity contribution is -0.0728. The average molecular weight is 486 g/mol. The van der Waals surface area contributed by atoms with E-state index in [0.29, 0.717) is 37.7 Å². The zero-order valence-corrected chi connectivity index (χ0v) is 21.2. The summed E-state index contributed by atoms with van der Waals surface area (Å²) in [7, 11) is -3.74. The molecule has 0 radical (unpaired) electrons. The molecule has 0 aromatic heterocycles. The standard InChI is InChI=1S/C23H36ClN3O4S/c1-5-27(6-2)32(29,30)22-13-20(7-8-21(22)24)23(28)26-11-9-19(10-12-26)16-25-14-17(3)31-18(4)15-25/h7-8,13,17-19H,5-6,9-12,14-16H2,1-4H3. The molecule has 0 bridgehead atoms. The fraction of sp³-hybridized carbons (Fsp3) is 0.696. The summed E-state index contributed by atoms with van der Waals surface area (Å²) in [5, 5.41) is 0.140. The van der Waals surface area contributed by atoms with Crippen LogP contribution in [0.25, 0.3) is 0 Å². The van der Waals surface area contributed by atoms with Crippen LogP contribution in [0.4, 0.5) is 0 Å². The number of piperidine rings is 1. The number of hydrogen-bond acceptors (Lipinski definition) is 5. The van der Waals surface area contributed by atoms with Crippen LogP contribution in [0.15, 0.2) is 23.1 Å². The molecule has 1 aromatic carbocycles. The molecule has 2 saturated heterocycles. The lowest BCUT2D eigenvalue weighted by Crippen LogP contribution is -2.48. The van der Waals surface area contributed by atoms with E-state index in [0.717, 1.165) is 32.5 Å². The Hall–Kier alpha value is -1.19. The zero-order valence-electron chi connectivity index (χ0n) is 19.6. The first-order valence-electron chi connectivity index (χ1n) is 11.6. The van der Waals surface area contributed by atoms with Crippen LogP contribution < -0.4 is 0 Å². The van der Waals surface area contributed by atoms with Crippen LogP contribution in [0.5, 0.6) is 0 Å². The topological polar surface area (TPSA) is 70.2 Å². The lowest BCUT2D eigenvalue weighted by atomic mass is 9.95. The highest BCUT2D eigenvalue weighted by molar-refractivity contribution is 7.89. The number of nitrogens with zero attached hydrogens (tertiary/aromatic N) is 3. The van der Waals surface area contributed by atoms with Gasteiger partial charge in [0.25, 0.3) is 5.91 Å². The molecular formula is C23H36ClN3O4S. The number of benzene rings is 1. The molecule has 0 saturated carbocycles. The maximum atomic E-state index is 13.1. The van der Waals surface area contributed by atoms with Gasteiger partial charge in [-0.25, -0.2) is 8.42 Å². The van der Waals surface area contributed by atoms with Crippen LogP contribution >= 0.6 is 11.6 Å². The van der Waals surface area contributed by atoms with Gasteiger partial charge in [-0.2, -0.15) is 4.31 Å². The SMILES string of the molecule is CCN(CC)S(=O)(=O)c1cc(C(=O)N2CCC(CN3CC(C)OC(C)C3)CC2)ccc1Cl. The lowest BCUT2D eigenvalue weighted by Gasteiger charge is -2.39. The molecule has 2 heterocycles. The summed E-state index contributed by atoms with van der Waals surface area (Å²) in [6.45, 7) is 12.8. The minimum absolute atomic E-state index is 0.000778. The predicted molar refractivity (Wildman–Crippen MR) is 127 cm³/mol. The Morgan fingerprint density at radius 2 is 1.72 bits per heavy atom. The molecule has 0 aliphatic carbocycles. The van der Waals surface area contributed by atoms with Crippen molar-refractivity contribution in [3.05, 3.63) is 28.8 Å². The highest BCUT2D eigenvalue weighted by Crippen LogP contribution is 2.28. The van der Waals surface area contributed by atoms with Crippen LogP contribution in [-0.2, 0) is 14.8 Å². The Morgan fingerprint density at radius 3 is 2.28 bits per heavy atom. The molecule has 180 valence electrons. The second-order valence-electron chi connectivity index (χ2n) is 8.95. The molecule has 0 N–H and O–H groups in total. The normalized spacial score (nSPS) is 23.6. The van der Waals surface area contributed by atoms with E-state index in [4.69, 9.17) is 16.3 Å². The summed E-state index contributed by atoms with van der Waals surface area (Å²) in [6.07, 6.45) is 2.41. The summed E-state index contributed by atoms with van der Waals surface area (Å²) in [5.74, 6) is 0.421. The fourth-order valence-corrected chi connectivity index (χ4v) is 6.79. The number of carbonyl (C=O) groups excluding carboxylic acids is 1. The number of rotatable bonds is 7. The number of halogens is 1. The van der Waals surface area contributed by atoms with Crippen LogP contribution in [-0.4, -0.2) is 86.5 Å². The highest BCUT2D eigenvalue weighted by Gasteiger charge is 2.30. The van der Waals surface area contributed by atoms with Gasteiger partial charge in [-0.15, -0.1) is 0 Å². The van der Waals surface area contributed by atoms with Gasteiger partial charge in [0.15, 0.2) is 0 Å². The molecule has 9 heteroatoms. The largest absolute Gasteiger partial charge is 0.373 e. The summed E-state index contributed by atoms with van der Waals surface area (Å²) >= 11 is 6.22. The van der Waals surface area contributed by atoms with Gasteiger partial charge in [-0.1, -0.05) is 25.4 Å². The molecule has 2 aliphatic rings. The molecule has 2 fully saturated rings. The molecule has 3 rings (SSSR count). The maximum Gasteiger partial charge on any atom is 0.253 e. The minimum Gasteiger partial charge on any atom is -0.373 e. The molecule has 0 spiro atoms. The van der Waals surface area contributed by atoms with Gasteiger partial charge in [0.2, 0.25) is 10.0 Å². The minimum atomic E-state index is -3.74. The van der Waals surface area contributed by atoms with E-state index in [9.17, 15) is 13.2 Å². The number of morpholine rings is 1. The molecule has 2 aliphatic heterocycles. The van der Waals surface area contributed by atoms with Gasteiger partial charge in [-0.05, 0) is 50.8 Å². The van der Waals surface area contributed by atoms with Gasteiger partial charge >= 0.3 is 0 Å². The Balaban J connectivity index is 1.64. The van der Waals surface area contributed by atoms with Crippen LogP contribution in [0, 0.1) is 5.92 Å². The quantitative estimate of drug-likeness (QED) is 0.592. The fourth-order valence-electron chi connectivity index (χ4n) is 4.84. The second kappa shape index (κ2) is 10.8. The number of amides is 1. The Bertz CT molecular complexity index is 889. The van der Waals surface area contributed by atoms with Crippen molar-refractivity contribution in [1.29, 1.82) is 0 Å². The summed E-state index contributed by atoms with van der Waals surface area (Å²) in [4.78, 5) is 17.4. The highest BCUT2D eigenvalue weighted by atomic mass is 35.5. The van der Waals surface area contributed by atoms with Crippen molar-refractivity contribution < 1.29 is 17.9 Å². The first-order valence-corrected chi connectivity index (χ1v) is 13.4. The van der Waals surface area contributed by atoms with E-state index >= 15 is 0 Å². The molecule has 32 heavy (non-hydrogen) atoms. The smallest absolute Gasteiger partial charge is 0.253 e. The number of hydrogen-bond donors (Lipinski definition) is 0. The van der Waals surface area contributed by atoms with Gasteiger partial charge < -0.3 is 9.64 Å². The van der Waals surface area contributed by atoms with E-state index < -0.39 is 10.0 Å². The monoisotopic (exact) mass is 485 g/mol. The van der Waals surface area contributed by atoms with E-state index in [1.54, 1.807) is 19.9 Å². The first kappa shape index (κ1) is 25.4. The van der Waals surface area contributed by atoms with Crippen molar-refractivity contribution in [1.82, 2.24) is 14.1 Å². The van der Waals surface area contributed by atoms with E-state index in [1.165, 1.54) is 16.4 Å². The summed E-state index contributed by atoms with van der Waals surface area (Å²) < 4.78 is 33.1. The molecule has 7 nitrogen and oxygen atoms in total. The number of likely N-dealkylation sites (tertiary alicyclic amines) is 1. The van der Waals surface area contributed by atoms with Crippen molar-refractivity contribution in [2.75, 3.05) is 45.8 Å². The van der Waals surface area contributed by atoms with Gasteiger partial charge in [0, 0.05) is 51.4 Å². The predicted octanol–water partition coefficient (Wildman–Crippen LogP) is 3.33. The third kappa shape index (κ3) is 5.83. The third-order valence-corrected chi connectivity index (χ3v) is 8.95. The van der Waals surface area contributed by atoms with Crippen molar-refractivity contribution in [2.24, 2.45) is 5.92 Å². The number of ether oxygens (including phenoxy) is 1.